The number of guanidine groups is 1. The number of carbonyl (C=O) groups is 1. The van der Waals surface area contributed by atoms with E-state index in [1.807, 2.05) is 20.8 Å². The lowest BCUT2D eigenvalue weighted by atomic mass is 10.2. The van der Waals surface area contributed by atoms with Crippen LogP contribution in [0, 0.1) is 6.92 Å². The van der Waals surface area contributed by atoms with Gasteiger partial charge in [0.2, 0.25) is 0 Å². The fourth-order valence-corrected chi connectivity index (χ4v) is 3.90. The average Bonchev–Trinajstić information content (AvgIpc) is 3.09. The molecule has 1 aliphatic heterocycles. The van der Waals surface area contributed by atoms with Crippen molar-refractivity contribution in [2.45, 2.75) is 46.7 Å². The smallest absolute Gasteiger partial charge is 0.350 e. The Kier molecular flexibility index (Phi) is 9.14. The molecule has 0 aromatic carbocycles. The van der Waals surface area contributed by atoms with E-state index in [0.29, 0.717) is 29.8 Å². The SMILES string of the molecule is CCNC(=NCC(C)N1CCOCC1)NC(C)c1nc(C)c(C(=O)OCC)s1. The summed E-state index contributed by atoms with van der Waals surface area (Å²) in [7, 11) is 0. The van der Waals surface area contributed by atoms with Crippen molar-refractivity contribution in [1.29, 1.82) is 0 Å². The Bertz CT molecular complexity index is 658. The van der Waals surface area contributed by atoms with Crippen molar-refractivity contribution in [3.8, 4) is 0 Å². The van der Waals surface area contributed by atoms with Crippen molar-refractivity contribution >= 4 is 23.3 Å². The molecule has 2 atom stereocenters. The first-order valence-electron chi connectivity index (χ1n) is 9.97. The Hall–Kier alpha value is -1.71. The molecule has 2 unspecified atom stereocenters. The molecule has 0 amide bonds. The highest BCUT2D eigenvalue weighted by molar-refractivity contribution is 7.13. The molecule has 1 aromatic rings. The summed E-state index contributed by atoms with van der Waals surface area (Å²) in [6, 6.07) is 0.288. The van der Waals surface area contributed by atoms with Crippen LogP contribution in [0.1, 0.15) is 54.1 Å². The molecule has 158 valence electrons. The number of aryl methyl sites for hydroxylation is 1. The van der Waals surface area contributed by atoms with Crippen molar-refractivity contribution < 1.29 is 14.3 Å². The maximum absolute atomic E-state index is 12.0. The van der Waals surface area contributed by atoms with Gasteiger partial charge in [-0.2, -0.15) is 0 Å². The molecule has 0 saturated carbocycles. The van der Waals surface area contributed by atoms with Gasteiger partial charge in [0.15, 0.2) is 5.96 Å². The first kappa shape index (κ1) is 22.6. The van der Waals surface area contributed by atoms with Crippen molar-refractivity contribution in [1.82, 2.24) is 20.5 Å². The third-order valence-electron chi connectivity index (χ3n) is 4.52. The molecule has 28 heavy (non-hydrogen) atoms. The number of esters is 1. The summed E-state index contributed by atoms with van der Waals surface area (Å²) >= 11 is 1.37. The lowest BCUT2D eigenvalue weighted by Crippen LogP contribution is -2.44. The van der Waals surface area contributed by atoms with Gasteiger partial charge in [0.25, 0.3) is 0 Å². The van der Waals surface area contributed by atoms with Crippen LogP contribution in [0.25, 0.3) is 0 Å². The van der Waals surface area contributed by atoms with Crippen molar-refractivity contribution in [2.24, 2.45) is 4.99 Å². The van der Waals surface area contributed by atoms with Crippen LogP contribution in [0.5, 0.6) is 0 Å². The maximum Gasteiger partial charge on any atom is 0.350 e. The largest absolute Gasteiger partial charge is 0.462 e. The highest BCUT2D eigenvalue weighted by Crippen LogP contribution is 2.24. The molecular formula is C19H33N5O3S. The van der Waals surface area contributed by atoms with Gasteiger partial charge in [-0.05, 0) is 34.6 Å². The molecule has 1 aliphatic rings. The van der Waals surface area contributed by atoms with Gasteiger partial charge in [-0.25, -0.2) is 9.78 Å². The quantitative estimate of drug-likeness (QED) is 0.384. The van der Waals surface area contributed by atoms with Crippen LogP contribution in [0.4, 0.5) is 0 Å². The lowest BCUT2D eigenvalue weighted by molar-refractivity contribution is 0.0220. The second-order valence-electron chi connectivity index (χ2n) is 6.77. The van der Waals surface area contributed by atoms with Crippen LogP contribution in [0.2, 0.25) is 0 Å². The zero-order chi connectivity index (χ0) is 20.5. The predicted molar refractivity (Wildman–Crippen MR) is 112 cm³/mol. The molecule has 1 aromatic heterocycles. The number of ether oxygens (including phenoxy) is 2. The van der Waals surface area contributed by atoms with E-state index in [4.69, 9.17) is 14.5 Å². The summed E-state index contributed by atoms with van der Waals surface area (Å²) in [6.07, 6.45) is 0. The molecule has 0 radical (unpaired) electrons. The maximum atomic E-state index is 12.0. The first-order valence-corrected chi connectivity index (χ1v) is 10.8. The zero-order valence-corrected chi connectivity index (χ0v) is 18.4. The summed E-state index contributed by atoms with van der Waals surface area (Å²) in [6.45, 7) is 15.2. The summed E-state index contributed by atoms with van der Waals surface area (Å²) in [5, 5.41) is 7.52. The van der Waals surface area contributed by atoms with Gasteiger partial charge in [-0.3, -0.25) is 9.89 Å². The standard InChI is InChI=1S/C19H33N5O3S/c1-6-20-19(21-12-13(3)24-8-10-26-11-9-24)23-15(5)17-22-14(4)16(28-17)18(25)27-7-2/h13,15H,6-12H2,1-5H3,(H2,20,21,23). The van der Waals surface area contributed by atoms with E-state index < -0.39 is 0 Å². The summed E-state index contributed by atoms with van der Waals surface area (Å²) < 4.78 is 10.5. The third-order valence-corrected chi connectivity index (χ3v) is 5.84. The van der Waals surface area contributed by atoms with Crippen LogP contribution < -0.4 is 10.6 Å². The normalized spacial score (nSPS) is 17.8. The third kappa shape index (κ3) is 6.42. The molecule has 0 bridgehead atoms. The van der Waals surface area contributed by atoms with Gasteiger partial charge >= 0.3 is 5.97 Å². The second-order valence-corrected chi connectivity index (χ2v) is 7.80. The van der Waals surface area contributed by atoms with Gasteiger partial charge in [0.05, 0.1) is 38.1 Å². The van der Waals surface area contributed by atoms with Gasteiger partial charge < -0.3 is 20.1 Å². The zero-order valence-electron chi connectivity index (χ0n) is 17.6. The van der Waals surface area contributed by atoms with Crippen LogP contribution in [0.3, 0.4) is 0 Å². The summed E-state index contributed by atoms with van der Waals surface area (Å²) in [4.78, 5) is 24.3. The minimum Gasteiger partial charge on any atom is -0.462 e. The lowest BCUT2D eigenvalue weighted by Gasteiger charge is -2.31. The van der Waals surface area contributed by atoms with Gasteiger partial charge in [0, 0.05) is 25.7 Å². The highest BCUT2D eigenvalue weighted by atomic mass is 32.1. The number of thiazole rings is 1. The fourth-order valence-electron chi connectivity index (χ4n) is 2.93. The highest BCUT2D eigenvalue weighted by Gasteiger charge is 2.21. The Labute approximate surface area is 171 Å². The molecule has 2 N–H and O–H groups in total. The molecule has 9 heteroatoms. The number of aliphatic imine (C=N–C) groups is 1. The topological polar surface area (TPSA) is 88.1 Å². The number of nitrogens with one attached hydrogen (secondary N) is 2. The Balaban J connectivity index is 2.00. The Morgan fingerprint density at radius 2 is 2.07 bits per heavy atom. The molecule has 8 nitrogen and oxygen atoms in total. The predicted octanol–water partition coefficient (Wildman–Crippen LogP) is 1.97. The molecule has 0 spiro atoms. The van der Waals surface area contributed by atoms with E-state index in [9.17, 15) is 4.79 Å². The molecule has 2 heterocycles. The fraction of sp³-hybridized carbons (Fsp3) is 0.737. The van der Waals surface area contributed by atoms with Crippen molar-refractivity contribution in [2.75, 3.05) is 46.0 Å². The number of aromatic nitrogens is 1. The monoisotopic (exact) mass is 411 g/mol. The molecule has 1 saturated heterocycles. The summed E-state index contributed by atoms with van der Waals surface area (Å²) in [5.74, 6) is 0.441. The molecular weight excluding hydrogens is 378 g/mol. The van der Waals surface area contributed by atoms with Crippen LogP contribution >= 0.6 is 11.3 Å². The van der Waals surface area contributed by atoms with Crippen LogP contribution in [-0.4, -0.2) is 73.9 Å². The Morgan fingerprint density at radius 1 is 1.36 bits per heavy atom. The number of rotatable bonds is 8. The van der Waals surface area contributed by atoms with Crippen LogP contribution in [-0.2, 0) is 9.47 Å². The average molecular weight is 412 g/mol. The number of morpholine rings is 1. The van der Waals surface area contributed by atoms with E-state index in [0.717, 1.165) is 43.8 Å². The van der Waals surface area contributed by atoms with E-state index in [1.54, 1.807) is 6.92 Å². The van der Waals surface area contributed by atoms with Gasteiger partial charge in [-0.1, -0.05) is 0 Å². The number of hydrogen-bond acceptors (Lipinski definition) is 7. The van der Waals surface area contributed by atoms with E-state index in [-0.39, 0.29) is 12.0 Å². The first-order chi connectivity index (χ1) is 13.5. The van der Waals surface area contributed by atoms with E-state index in [1.165, 1.54) is 11.3 Å². The van der Waals surface area contributed by atoms with Crippen molar-refractivity contribution in [3.05, 3.63) is 15.6 Å². The van der Waals surface area contributed by atoms with E-state index in [2.05, 4.69) is 27.4 Å². The number of nitrogens with zero attached hydrogens (tertiary/aromatic N) is 3. The minimum absolute atomic E-state index is 0.0663. The van der Waals surface area contributed by atoms with Gasteiger partial charge in [0.1, 0.15) is 9.88 Å². The number of hydrogen-bond donors (Lipinski definition) is 2. The number of carbonyl (C=O) groups excluding carboxylic acids is 1. The van der Waals surface area contributed by atoms with Crippen LogP contribution in [0.15, 0.2) is 4.99 Å². The van der Waals surface area contributed by atoms with E-state index >= 15 is 0 Å². The second kappa shape index (κ2) is 11.3. The molecule has 0 aliphatic carbocycles. The minimum atomic E-state index is -0.309. The summed E-state index contributed by atoms with van der Waals surface area (Å²) in [5.41, 5.74) is 0.704. The molecule has 2 rings (SSSR count). The van der Waals surface area contributed by atoms with Gasteiger partial charge in [-0.15, -0.1) is 11.3 Å². The molecule has 1 fully saturated rings. The van der Waals surface area contributed by atoms with Crippen molar-refractivity contribution in [3.63, 3.8) is 0 Å². The Morgan fingerprint density at radius 3 is 2.71 bits per heavy atom.